The van der Waals surface area contributed by atoms with E-state index < -0.39 is 0 Å². The smallest absolute Gasteiger partial charge is 0.0876 e. The van der Waals surface area contributed by atoms with Gasteiger partial charge in [-0.3, -0.25) is 10.8 Å². The summed E-state index contributed by atoms with van der Waals surface area (Å²) in [5, 5.41) is 17.3. The van der Waals surface area contributed by atoms with Gasteiger partial charge in [0.1, 0.15) is 0 Å². The summed E-state index contributed by atoms with van der Waals surface area (Å²) >= 11 is 0. The van der Waals surface area contributed by atoms with Crippen molar-refractivity contribution in [3.05, 3.63) is 101 Å². The van der Waals surface area contributed by atoms with Crippen LogP contribution in [0.3, 0.4) is 0 Å². The third-order valence-electron chi connectivity index (χ3n) is 5.46. The Kier molecular flexibility index (Phi) is 5.05. The minimum Gasteiger partial charge on any atom is -0.399 e. The van der Waals surface area contributed by atoms with E-state index in [1.165, 1.54) is 0 Å². The molecule has 0 bridgehead atoms. The van der Waals surface area contributed by atoms with E-state index in [1.807, 2.05) is 61.6 Å². The van der Waals surface area contributed by atoms with Gasteiger partial charge in [-0.15, -0.1) is 0 Å². The van der Waals surface area contributed by atoms with Crippen LogP contribution < -0.4 is 22.1 Å². The second kappa shape index (κ2) is 7.84. The van der Waals surface area contributed by atoms with Crippen LogP contribution in [-0.4, -0.2) is 18.5 Å². The Hall–Kier alpha value is -4.32. The van der Waals surface area contributed by atoms with E-state index in [2.05, 4.69) is 4.90 Å². The number of hydrogen-bond donors (Lipinski definition) is 5. The quantitative estimate of drug-likeness (QED) is 0.328. The lowest BCUT2D eigenvalue weighted by Crippen LogP contribution is -2.29. The highest BCUT2D eigenvalue weighted by molar-refractivity contribution is 6.48. The van der Waals surface area contributed by atoms with E-state index in [0.717, 1.165) is 16.9 Å². The van der Waals surface area contributed by atoms with Crippen LogP contribution >= 0.6 is 0 Å². The van der Waals surface area contributed by atoms with Crippen molar-refractivity contribution in [1.29, 1.82) is 10.8 Å². The molecule has 1 aliphatic carbocycles. The zero-order chi connectivity index (χ0) is 22.1. The first-order chi connectivity index (χ1) is 14.9. The molecule has 0 aromatic heterocycles. The molecule has 0 saturated carbocycles. The topological polar surface area (TPSA) is 129 Å². The van der Waals surface area contributed by atoms with Crippen molar-refractivity contribution in [3.63, 3.8) is 0 Å². The van der Waals surface area contributed by atoms with Crippen molar-refractivity contribution in [1.82, 2.24) is 0 Å². The Balaban J connectivity index is 1.68. The van der Waals surface area contributed by atoms with E-state index in [1.54, 1.807) is 24.3 Å². The summed E-state index contributed by atoms with van der Waals surface area (Å²) in [6.07, 6.45) is 0. The number of benzene rings is 3. The van der Waals surface area contributed by atoms with Crippen LogP contribution in [0.1, 0.15) is 11.1 Å². The van der Waals surface area contributed by atoms with Gasteiger partial charge >= 0.3 is 0 Å². The molecule has 1 aliphatic rings. The summed E-state index contributed by atoms with van der Waals surface area (Å²) in [7, 11) is 2.00. The molecule has 0 heterocycles. The molecule has 0 saturated heterocycles. The molecule has 0 unspecified atom stereocenters. The van der Waals surface area contributed by atoms with E-state index in [0.29, 0.717) is 22.4 Å². The maximum absolute atomic E-state index is 8.65. The van der Waals surface area contributed by atoms with Crippen molar-refractivity contribution in [2.75, 3.05) is 17.7 Å². The summed E-state index contributed by atoms with van der Waals surface area (Å²) < 4.78 is 0. The van der Waals surface area contributed by atoms with Crippen molar-refractivity contribution in [2.45, 2.75) is 0 Å². The van der Waals surface area contributed by atoms with Crippen molar-refractivity contribution in [2.24, 2.45) is 11.5 Å². The summed E-state index contributed by atoms with van der Waals surface area (Å²) in [5.41, 5.74) is 24.2. The SMILES string of the molecule is CN(c1ccccc1)c1ccc(C2=C(N)C(=N)C(c3ccc(N)cc3)=C(N)C2=N)cc1. The monoisotopic (exact) mass is 408 g/mol. The molecule has 31 heavy (non-hydrogen) atoms. The van der Waals surface area contributed by atoms with Gasteiger partial charge in [0, 0.05) is 35.3 Å². The molecule has 4 rings (SSSR count). The molecule has 3 aromatic rings. The van der Waals surface area contributed by atoms with E-state index in [-0.39, 0.29) is 22.8 Å². The largest absolute Gasteiger partial charge is 0.399 e. The van der Waals surface area contributed by atoms with Crippen LogP contribution in [-0.2, 0) is 0 Å². The summed E-state index contributed by atoms with van der Waals surface area (Å²) in [5.74, 6) is 0. The number of nitrogen functional groups attached to an aromatic ring is 1. The molecule has 0 fully saturated rings. The van der Waals surface area contributed by atoms with Crippen LogP contribution in [0.2, 0.25) is 0 Å². The van der Waals surface area contributed by atoms with Crippen LogP contribution in [0.25, 0.3) is 11.1 Å². The van der Waals surface area contributed by atoms with Crippen molar-refractivity contribution in [3.8, 4) is 0 Å². The third kappa shape index (κ3) is 3.55. The standard InChI is InChI=1S/C25H24N6/c1-31(18-5-3-2-4-6-18)19-13-9-16(10-14-19)21-24(29)22(27)20(23(28)25(21)30)15-7-11-17(26)12-8-15/h2-14,27,30H,26,28-29H2,1H3. The average molecular weight is 409 g/mol. The second-order valence-corrected chi connectivity index (χ2v) is 7.39. The molecule has 0 spiro atoms. The average Bonchev–Trinajstić information content (AvgIpc) is 2.80. The molecule has 0 amide bonds. The fourth-order valence-electron chi connectivity index (χ4n) is 3.69. The third-order valence-corrected chi connectivity index (χ3v) is 5.46. The molecule has 8 N–H and O–H groups in total. The predicted molar refractivity (Wildman–Crippen MR) is 129 cm³/mol. The highest BCUT2D eigenvalue weighted by Crippen LogP contribution is 2.34. The number of allylic oxidation sites excluding steroid dienone is 2. The molecule has 0 atom stereocenters. The van der Waals surface area contributed by atoms with Crippen LogP contribution in [0, 0.1) is 10.8 Å². The lowest BCUT2D eigenvalue weighted by atomic mass is 9.83. The Morgan fingerprint density at radius 1 is 0.581 bits per heavy atom. The highest BCUT2D eigenvalue weighted by Gasteiger charge is 2.28. The van der Waals surface area contributed by atoms with Gasteiger partial charge in [-0.1, -0.05) is 42.5 Å². The highest BCUT2D eigenvalue weighted by atomic mass is 15.1. The summed E-state index contributed by atoms with van der Waals surface area (Å²) in [4.78, 5) is 2.07. The van der Waals surface area contributed by atoms with Crippen LogP contribution in [0.4, 0.5) is 17.1 Å². The second-order valence-electron chi connectivity index (χ2n) is 7.39. The maximum atomic E-state index is 8.65. The van der Waals surface area contributed by atoms with Crippen LogP contribution in [0.5, 0.6) is 0 Å². The molecule has 154 valence electrons. The molecule has 3 aromatic carbocycles. The van der Waals surface area contributed by atoms with Crippen molar-refractivity contribution >= 4 is 39.6 Å². The van der Waals surface area contributed by atoms with Crippen LogP contribution in [0.15, 0.2) is 90.3 Å². The van der Waals surface area contributed by atoms with Gasteiger partial charge in [0.05, 0.1) is 22.8 Å². The molecular formula is C25H24N6. The number of rotatable bonds is 4. The van der Waals surface area contributed by atoms with Gasteiger partial charge in [0.25, 0.3) is 0 Å². The Morgan fingerprint density at radius 3 is 1.48 bits per heavy atom. The van der Waals surface area contributed by atoms with E-state index in [9.17, 15) is 0 Å². The number of para-hydroxylation sites is 1. The molecule has 0 radical (unpaired) electrons. The Labute approximate surface area is 181 Å². The Bertz CT molecular complexity index is 1220. The lowest BCUT2D eigenvalue weighted by Gasteiger charge is -2.25. The van der Waals surface area contributed by atoms with Gasteiger partial charge < -0.3 is 22.1 Å². The summed E-state index contributed by atoms with van der Waals surface area (Å²) in [6.45, 7) is 0. The number of hydrogen-bond acceptors (Lipinski definition) is 6. The zero-order valence-electron chi connectivity index (χ0n) is 17.2. The van der Waals surface area contributed by atoms with Gasteiger partial charge in [0.15, 0.2) is 0 Å². The number of nitrogens with two attached hydrogens (primary N) is 3. The number of nitrogens with zero attached hydrogens (tertiary/aromatic N) is 1. The minimum absolute atomic E-state index is 0.110. The van der Waals surface area contributed by atoms with Crippen molar-refractivity contribution < 1.29 is 0 Å². The lowest BCUT2D eigenvalue weighted by molar-refractivity contribution is 1.21. The Morgan fingerprint density at radius 2 is 1.00 bits per heavy atom. The van der Waals surface area contributed by atoms with Gasteiger partial charge in [0.2, 0.25) is 0 Å². The van der Waals surface area contributed by atoms with E-state index >= 15 is 0 Å². The summed E-state index contributed by atoms with van der Waals surface area (Å²) in [6, 6.07) is 24.8. The fourth-order valence-corrected chi connectivity index (χ4v) is 3.69. The molecule has 0 aliphatic heterocycles. The van der Waals surface area contributed by atoms with Gasteiger partial charge in [-0.05, 0) is 47.5 Å². The number of anilines is 3. The van der Waals surface area contributed by atoms with E-state index in [4.69, 9.17) is 28.0 Å². The number of nitrogens with one attached hydrogen (secondary N) is 2. The predicted octanol–water partition coefficient (Wildman–Crippen LogP) is 4.13. The molecule has 6 nitrogen and oxygen atoms in total. The first-order valence-corrected chi connectivity index (χ1v) is 9.81. The van der Waals surface area contributed by atoms with Gasteiger partial charge in [-0.25, -0.2) is 0 Å². The fraction of sp³-hybridized carbons (Fsp3) is 0.0400. The molecular weight excluding hydrogens is 384 g/mol. The first kappa shape index (κ1) is 20.0. The first-order valence-electron chi connectivity index (χ1n) is 9.81. The maximum Gasteiger partial charge on any atom is 0.0876 e. The minimum atomic E-state index is 0.110. The normalized spacial score (nSPS) is 14.2. The zero-order valence-corrected chi connectivity index (χ0v) is 17.2. The molecule has 6 heteroatoms. The van der Waals surface area contributed by atoms with Gasteiger partial charge in [-0.2, -0.15) is 0 Å².